The van der Waals surface area contributed by atoms with Gasteiger partial charge in [-0.3, -0.25) is 4.57 Å². The molecule has 0 atom stereocenters. The van der Waals surface area contributed by atoms with Crippen LogP contribution in [0.5, 0.6) is 0 Å². The molecule has 0 aliphatic rings. The molecule has 2 aromatic carbocycles. The van der Waals surface area contributed by atoms with E-state index in [1.165, 1.54) is 16.8 Å². The molecule has 0 aliphatic heterocycles. The third-order valence-corrected chi connectivity index (χ3v) is 4.33. The van der Waals surface area contributed by atoms with Crippen molar-refractivity contribution < 1.29 is 0 Å². The van der Waals surface area contributed by atoms with E-state index in [0.29, 0.717) is 6.54 Å². The molecule has 4 nitrogen and oxygen atoms in total. The molecule has 1 heterocycles. The molecule has 0 amide bonds. The van der Waals surface area contributed by atoms with Crippen molar-refractivity contribution in [2.24, 2.45) is 0 Å². The zero-order valence-electron chi connectivity index (χ0n) is 14.6. The maximum atomic E-state index is 4.37. The fourth-order valence-electron chi connectivity index (χ4n) is 3.07. The van der Waals surface area contributed by atoms with Crippen LogP contribution in [0.25, 0.3) is 5.69 Å². The normalized spacial score (nSPS) is 10.8. The number of rotatable bonds is 6. The van der Waals surface area contributed by atoms with E-state index >= 15 is 0 Å². The molecule has 1 aromatic heterocycles. The molecule has 1 N–H and O–H groups in total. The van der Waals surface area contributed by atoms with Gasteiger partial charge in [0.05, 0.1) is 6.54 Å². The highest BCUT2D eigenvalue weighted by Gasteiger charge is 2.12. The Kier molecular flexibility index (Phi) is 4.94. The summed E-state index contributed by atoms with van der Waals surface area (Å²) in [5.74, 6) is 1.82. The third-order valence-electron chi connectivity index (χ3n) is 4.33. The largest absolute Gasteiger partial charge is 0.377 e. The minimum atomic E-state index is 0.653. The van der Waals surface area contributed by atoms with E-state index < -0.39 is 0 Å². The number of para-hydroxylation sites is 2. The lowest BCUT2D eigenvalue weighted by atomic mass is 10.0. The van der Waals surface area contributed by atoms with Crippen LogP contribution in [0.2, 0.25) is 0 Å². The van der Waals surface area contributed by atoms with Crippen molar-refractivity contribution in [2.45, 2.75) is 40.2 Å². The molecule has 0 aliphatic carbocycles. The van der Waals surface area contributed by atoms with Gasteiger partial charge in [0.25, 0.3) is 0 Å². The monoisotopic (exact) mass is 320 g/mol. The Morgan fingerprint density at radius 1 is 0.875 bits per heavy atom. The third kappa shape index (κ3) is 3.18. The van der Waals surface area contributed by atoms with Gasteiger partial charge in [0.2, 0.25) is 0 Å². The number of nitrogens with one attached hydrogen (secondary N) is 1. The Bertz CT molecular complexity index is 784. The molecule has 0 saturated heterocycles. The van der Waals surface area contributed by atoms with Crippen LogP contribution >= 0.6 is 0 Å². The van der Waals surface area contributed by atoms with Gasteiger partial charge >= 0.3 is 0 Å². The summed E-state index contributed by atoms with van der Waals surface area (Å²) in [6.45, 7) is 7.02. The molecule has 0 bridgehead atoms. The molecule has 0 unspecified atom stereocenters. The molecule has 3 aromatic rings. The van der Waals surface area contributed by atoms with Crippen molar-refractivity contribution in [2.75, 3.05) is 5.32 Å². The van der Waals surface area contributed by atoms with Crippen LogP contribution < -0.4 is 5.32 Å². The zero-order valence-corrected chi connectivity index (χ0v) is 14.6. The van der Waals surface area contributed by atoms with E-state index in [0.717, 1.165) is 30.2 Å². The molecule has 124 valence electrons. The smallest absolute Gasteiger partial charge is 0.156 e. The zero-order chi connectivity index (χ0) is 16.9. The van der Waals surface area contributed by atoms with Crippen molar-refractivity contribution in [3.05, 3.63) is 71.3 Å². The summed E-state index contributed by atoms with van der Waals surface area (Å²) in [4.78, 5) is 0. The Balaban J connectivity index is 1.90. The molecule has 4 heteroatoms. The van der Waals surface area contributed by atoms with E-state index in [1.807, 2.05) is 25.1 Å². The highest BCUT2D eigenvalue weighted by atomic mass is 15.3. The summed E-state index contributed by atoms with van der Waals surface area (Å²) in [6, 6.07) is 16.8. The number of aryl methyl sites for hydroxylation is 3. The summed E-state index contributed by atoms with van der Waals surface area (Å²) in [6.07, 6.45) is 2.03. The number of benzene rings is 2. The molecule has 0 fully saturated rings. The Morgan fingerprint density at radius 2 is 1.54 bits per heavy atom. The van der Waals surface area contributed by atoms with Gasteiger partial charge in [-0.15, -0.1) is 10.2 Å². The van der Waals surface area contributed by atoms with E-state index in [-0.39, 0.29) is 0 Å². The Morgan fingerprint density at radius 3 is 2.17 bits per heavy atom. The molecule has 3 rings (SSSR count). The number of aromatic nitrogens is 3. The van der Waals surface area contributed by atoms with Crippen LogP contribution in [0.4, 0.5) is 5.69 Å². The van der Waals surface area contributed by atoms with E-state index in [4.69, 9.17) is 0 Å². The first-order valence-electron chi connectivity index (χ1n) is 8.55. The van der Waals surface area contributed by atoms with Gasteiger partial charge in [-0.25, -0.2) is 0 Å². The number of hydrogen-bond acceptors (Lipinski definition) is 3. The molecule has 0 spiro atoms. The van der Waals surface area contributed by atoms with Gasteiger partial charge in [-0.05, 0) is 43.0 Å². The summed E-state index contributed by atoms with van der Waals surface area (Å²) in [5, 5.41) is 12.2. The summed E-state index contributed by atoms with van der Waals surface area (Å²) in [7, 11) is 0. The van der Waals surface area contributed by atoms with Crippen LogP contribution in [-0.2, 0) is 19.4 Å². The minimum Gasteiger partial charge on any atom is -0.377 e. The summed E-state index contributed by atoms with van der Waals surface area (Å²) < 4.78 is 2.10. The molecular weight excluding hydrogens is 296 g/mol. The van der Waals surface area contributed by atoms with Crippen LogP contribution in [0.15, 0.2) is 48.5 Å². The SMILES string of the molecule is CCc1cccc(CC)c1NCc1nnc(C)n1-c1ccccc1. The Hall–Kier alpha value is -2.62. The minimum absolute atomic E-state index is 0.653. The van der Waals surface area contributed by atoms with Crippen molar-refractivity contribution in [3.63, 3.8) is 0 Å². The second kappa shape index (κ2) is 7.30. The highest BCUT2D eigenvalue weighted by Crippen LogP contribution is 2.23. The summed E-state index contributed by atoms with van der Waals surface area (Å²) >= 11 is 0. The maximum absolute atomic E-state index is 4.37. The van der Waals surface area contributed by atoms with Crippen LogP contribution in [0, 0.1) is 6.92 Å². The second-order valence-corrected chi connectivity index (χ2v) is 5.85. The van der Waals surface area contributed by atoms with Crippen molar-refractivity contribution in [1.82, 2.24) is 14.8 Å². The van der Waals surface area contributed by atoms with Crippen molar-refractivity contribution in [3.8, 4) is 5.69 Å². The fraction of sp³-hybridized carbons (Fsp3) is 0.300. The fourth-order valence-corrected chi connectivity index (χ4v) is 3.07. The Labute approximate surface area is 143 Å². The van der Waals surface area contributed by atoms with E-state index in [9.17, 15) is 0 Å². The number of hydrogen-bond donors (Lipinski definition) is 1. The number of nitrogens with zero attached hydrogens (tertiary/aromatic N) is 3. The lowest BCUT2D eigenvalue weighted by Gasteiger charge is -2.16. The van der Waals surface area contributed by atoms with Gasteiger partial charge in [0, 0.05) is 11.4 Å². The topological polar surface area (TPSA) is 42.7 Å². The van der Waals surface area contributed by atoms with Gasteiger partial charge in [0.1, 0.15) is 5.82 Å². The standard InChI is InChI=1S/C20H24N4/c1-4-16-10-9-11-17(5-2)20(16)21-14-19-23-22-15(3)24(19)18-12-7-6-8-13-18/h6-13,21H,4-5,14H2,1-3H3. The van der Waals surface area contributed by atoms with Crippen LogP contribution in [0.3, 0.4) is 0 Å². The van der Waals surface area contributed by atoms with Gasteiger partial charge in [-0.2, -0.15) is 0 Å². The van der Waals surface area contributed by atoms with Crippen molar-refractivity contribution >= 4 is 5.69 Å². The molecule has 24 heavy (non-hydrogen) atoms. The first-order valence-corrected chi connectivity index (χ1v) is 8.55. The highest BCUT2D eigenvalue weighted by molar-refractivity contribution is 5.58. The van der Waals surface area contributed by atoms with Gasteiger partial charge in [0.15, 0.2) is 5.82 Å². The molecule has 0 radical (unpaired) electrons. The maximum Gasteiger partial charge on any atom is 0.156 e. The lowest BCUT2D eigenvalue weighted by molar-refractivity contribution is 0.874. The predicted octanol–water partition coefficient (Wildman–Crippen LogP) is 4.31. The van der Waals surface area contributed by atoms with Crippen molar-refractivity contribution in [1.29, 1.82) is 0 Å². The first-order chi connectivity index (χ1) is 11.7. The summed E-state index contributed by atoms with van der Waals surface area (Å²) in [5.41, 5.74) is 5.02. The average molecular weight is 320 g/mol. The molecule has 0 saturated carbocycles. The number of anilines is 1. The van der Waals surface area contributed by atoms with Crippen LogP contribution in [-0.4, -0.2) is 14.8 Å². The quantitative estimate of drug-likeness (QED) is 0.736. The first kappa shape index (κ1) is 16.2. The van der Waals surface area contributed by atoms with Crippen LogP contribution in [0.1, 0.15) is 36.6 Å². The van der Waals surface area contributed by atoms with E-state index in [2.05, 4.69) is 64.3 Å². The lowest BCUT2D eigenvalue weighted by Crippen LogP contribution is -2.11. The average Bonchev–Trinajstić information content (AvgIpc) is 3.00. The van der Waals surface area contributed by atoms with Gasteiger partial charge in [-0.1, -0.05) is 50.2 Å². The van der Waals surface area contributed by atoms with Gasteiger partial charge < -0.3 is 5.32 Å². The second-order valence-electron chi connectivity index (χ2n) is 5.85. The predicted molar refractivity (Wildman–Crippen MR) is 98.6 cm³/mol. The molecular formula is C20H24N4. The van der Waals surface area contributed by atoms with E-state index in [1.54, 1.807) is 0 Å².